The van der Waals surface area contributed by atoms with Crippen molar-refractivity contribution in [2.45, 2.75) is 84.5 Å². The van der Waals surface area contributed by atoms with Gasteiger partial charge in [-0.15, -0.1) is 0 Å². The van der Waals surface area contributed by atoms with E-state index in [1.54, 1.807) is 0 Å². The summed E-state index contributed by atoms with van der Waals surface area (Å²) in [6.45, 7) is 8.94. The minimum atomic E-state index is -0.223. The van der Waals surface area contributed by atoms with E-state index < -0.39 is 0 Å². The molecule has 31 heavy (non-hydrogen) atoms. The van der Waals surface area contributed by atoms with Gasteiger partial charge in [-0.05, 0) is 47.6 Å². The third kappa shape index (κ3) is 8.22. The highest BCUT2D eigenvalue weighted by Crippen LogP contribution is 2.40. The van der Waals surface area contributed by atoms with Crippen molar-refractivity contribution < 1.29 is 14.6 Å². The average Bonchev–Trinajstić information content (AvgIpc) is 2.72. The molecule has 2 aromatic rings. The maximum Gasteiger partial charge on any atom is 0.306 e. The molecule has 0 fully saturated rings. The van der Waals surface area contributed by atoms with Crippen LogP contribution in [0.5, 0.6) is 5.75 Å². The molecule has 3 nitrogen and oxygen atoms in total. The first-order valence-electron chi connectivity index (χ1n) is 11.5. The highest BCUT2D eigenvalue weighted by molar-refractivity contribution is 6.30. The molecule has 0 heterocycles. The summed E-state index contributed by atoms with van der Waals surface area (Å²) in [5, 5.41) is 11.6. The third-order valence-corrected chi connectivity index (χ3v) is 5.76. The van der Waals surface area contributed by atoms with E-state index >= 15 is 0 Å². The molecule has 0 aliphatic carbocycles. The van der Waals surface area contributed by atoms with Crippen LogP contribution in [-0.4, -0.2) is 17.7 Å². The summed E-state index contributed by atoms with van der Waals surface area (Å²) >= 11 is 6.03. The van der Waals surface area contributed by atoms with E-state index in [-0.39, 0.29) is 17.1 Å². The van der Waals surface area contributed by atoms with Crippen LogP contribution in [0.3, 0.4) is 0 Å². The van der Waals surface area contributed by atoms with Gasteiger partial charge in [-0.2, -0.15) is 0 Å². The van der Waals surface area contributed by atoms with Crippen molar-refractivity contribution in [2.24, 2.45) is 0 Å². The minimum absolute atomic E-state index is 0.160. The Kier molecular flexibility index (Phi) is 9.90. The Bertz CT molecular complexity index is 835. The molecule has 2 rings (SSSR count). The van der Waals surface area contributed by atoms with Crippen molar-refractivity contribution in [1.82, 2.24) is 0 Å². The van der Waals surface area contributed by atoms with Crippen LogP contribution >= 0.6 is 11.6 Å². The van der Waals surface area contributed by atoms with Gasteiger partial charge < -0.3 is 9.84 Å². The number of unbranched alkanes of at least 4 members (excludes halogenated alkanes) is 5. The van der Waals surface area contributed by atoms with Gasteiger partial charge >= 0.3 is 5.97 Å². The molecule has 0 radical (unpaired) electrons. The fourth-order valence-corrected chi connectivity index (χ4v) is 3.77. The number of carbonyl (C=O) groups is 1. The fraction of sp³-hybridized carbons (Fsp3) is 0.519. The number of esters is 1. The second-order valence-corrected chi connectivity index (χ2v) is 9.72. The monoisotopic (exact) mass is 444 g/mol. The zero-order valence-electron chi connectivity index (χ0n) is 19.5. The van der Waals surface area contributed by atoms with Crippen molar-refractivity contribution in [3.63, 3.8) is 0 Å². The summed E-state index contributed by atoms with van der Waals surface area (Å²) in [5.74, 6) is 0.121. The Morgan fingerprint density at radius 2 is 1.65 bits per heavy atom. The van der Waals surface area contributed by atoms with Gasteiger partial charge in [-0.3, -0.25) is 4.79 Å². The summed E-state index contributed by atoms with van der Waals surface area (Å²) in [7, 11) is 0. The van der Waals surface area contributed by atoms with Crippen LogP contribution in [-0.2, 0) is 21.4 Å². The Hall–Kier alpha value is -2.00. The van der Waals surface area contributed by atoms with Gasteiger partial charge in [0.2, 0.25) is 0 Å². The highest BCUT2D eigenvalue weighted by Gasteiger charge is 2.22. The zero-order valence-corrected chi connectivity index (χ0v) is 20.2. The lowest BCUT2D eigenvalue weighted by atomic mass is 9.82. The molecular formula is C27H37ClO3. The average molecular weight is 445 g/mol. The van der Waals surface area contributed by atoms with Crippen molar-refractivity contribution in [2.75, 3.05) is 6.61 Å². The third-order valence-electron chi connectivity index (χ3n) is 5.51. The molecule has 0 bridgehead atoms. The predicted molar refractivity (Wildman–Crippen MR) is 130 cm³/mol. The number of carbonyl (C=O) groups excluding carboxylic acids is 1. The van der Waals surface area contributed by atoms with Gasteiger partial charge in [0.05, 0.1) is 6.61 Å². The topological polar surface area (TPSA) is 46.5 Å². The number of phenols is 1. The minimum Gasteiger partial charge on any atom is -0.507 e. The van der Waals surface area contributed by atoms with E-state index in [0.717, 1.165) is 35.1 Å². The number of aromatic hydroxyl groups is 1. The first kappa shape index (κ1) is 25.3. The van der Waals surface area contributed by atoms with Crippen LogP contribution < -0.4 is 0 Å². The quantitative estimate of drug-likeness (QED) is 0.283. The van der Waals surface area contributed by atoms with E-state index in [0.29, 0.717) is 24.5 Å². The van der Waals surface area contributed by atoms with Gasteiger partial charge in [-0.25, -0.2) is 0 Å². The molecule has 0 aliphatic rings. The second-order valence-electron chi connectivity index (χ2n) is 9.28. The van der Waals surface area contributed by atoms with Crippen molar-refractivity contribution >= 4 is 17.6 Å². The molecule has 0 spiro atoms. The predicted octanol–water partition coefficient (Wildman–Crippen LogP) is 7.85. The molecule has 170 valence electrons. The number of benzene rings is 2. The second kappa shape index (κ2) is 12.1. The first-order chi connectivity index (χ1) is 14.7. The summed E-state index contributed by atoms with van der Waals surface area (Å²) in [6, 6.07) is 11.4. The van der Waals surface area contributed by atoms with Crippen molar-refractivity contribution in [1.29, 1.82) is 0 Å². The first-order valence-corrected chi connectivity index (χ1v) is 11.9. The van der Waals surface area contributed by atoms with E-state index in [2.05, 4.69) is 27.7 Å². The van der Waals surface area contributed by atoms with E-state index in [9.17, 15) is 9.90 Å². The Labute approximate surface area is 192 Å². The number of hydrogen-bond acceptors (Lipinski definition) is 3. The van der Waals surface area contributed by atoms with Crippen molar-refractivity contribution in [3.8, 4) is 16.9 Å². The van der Waals surface area contributed by atoms with E-state index in [1.165, 1.54) is 25.7 Å². The maximum atomic E-state index is 12.2. The SMILES string of the molecule is CCCCCCCCOC(=O)CCc1cc(-c2ccc(Cl)cc2)c(O)c(C(C)(C)C)c1. The lowest BCUT2D eigenvalue weighted by Gasteiger charge is -2.23. The number of aryl methyl sites for hydroxylation is 1. The van der Waals surface area contributed by atoms with Gasteiger partial charge in [0.1, 0.15) is 5.75 Å². The molecule has 0 unspecified atom stereocenters. The molecule has 0 amide bonds. The molecule has 2 aromatic carbocycles. The van der Waals surface area contributed by atoms with Gasteiger partial charge in [0, 0.05) is 22.6 Å². The molecular weight excluding hydrogens is 408 g/mol. The van der Waals surface area contributed by atoms with Gasteiger partial charge in [0.25, 0.3) is 0 Å². The Balaban J connectivity index is 2.03. The molecule has 4 heteroatoms. The van der Waals surface area contributed by atoms with Gasteiger partial charge in [0.15, 0.2) is 0 Å². The van der Waals surface area contributed by atoms with Crippen molar-refractivity contribution in [3.05, 3.63) is 52.5 Å². The summed E-state index contributed by atoms with van der Waals surface area (Å²) < 4.78 is 5.42. The molecule has 0 aliphatic heterocycles. The fourth-order valence-electron chi connectivity index (χ4n) is 3.65. The Morgan fingerprint density at radius 1 is 1.00 bits per heavy atom. The van der Waals surface area contributed by atoms with Crippen LogP contribution in [0, 0.1) is 0 Å². The Morgan fingerprint density at radius 3 is 2.29 bits per heavy atom. The summed E-state index contributed by atoms with van der Waals surface area (Å²) in [4.78, 5) is 12.2. The van der Waals surface area contributed by atoms with E-state index in [1.807, 2.05) is 36.4 Å². The standard InChI is InChI=1S/C27H37ClO3/c1-5-6-7-8-9-10-17-31-25(29)16-11-20-18-23(21-12-14-22(28)15-13-21)26(30)24(19-20)27(2,3)4/h12-15,18-19,30H,5-11,16-17H2,1-4H3. The van der Waals surface area contributed by atoms with Crippen LogP contribution in [0.2, 0.25) is 5.02 Å². The molecule has 0 atom stereocenters. The van der Waals surface area contributed by atoms with Crippen LogP contribution in [0.15, 0.2) is 36.4 Å². The molecule has 0 saturated heterocycles. The van der Waals surface area contributed by atoms with Crippen LogP contribution in [0.1, 0.15) is 83.8 Å². The smallest absolute Gasteiger partial charge is 0.306 e. The number of rotatable bonds is 11. The van der Waals surface area contributed by atoms with Crippen LogP contribution in [0.25, 0.3) is 11.1 Å². The number of halogens is 1. The molecule has 0 aromatic heterocycles. The number of phenolic OH excluding ortho intramolecular Hbond substituents is 1. The zero-order chi connectivity index (χ0) is 22.9. The summed E-state index contributed by atoms with van der Waals surface area (Å²) in [6.07, 6.45) is 7.96. The molecule has 0 saturated carbocycles. The van der Waals surface area contributed by atoms with E-state index in [4.69, 9.17) is 16.3 Å². The summed E-state index contributed by atoms with van der Waals surface area (Å²) in [5.41, 5.74) is 3.33. The molecule has 1 N–H and O–H groups in total. The van der Waals surface area contributed by atoms with Gasteiger partial charge in [-0.1, -0.05) is 89.6 Å². The maximum absolute atomic E-state index is 12.2. The largest absolute Gasteiger partial charge is 0.507 e. The lowest BCUT2D eigenvalue weighted by molar-refractivity contribution is -0.143. The van der Waals surface area contributed by atoms with Crippen LogP contribution in [0.4, 0.5) is 0 Å². The normalized spacial score (nSPS) is 11.5. The lowest BCUT2D eigenvalue weighted by Crippen LogP contribution is -2.13. The highest BCUT2D eigenvalue weighted by atomic mass is 35.5. The number of hydrogen-bond donors (Lipinski definition) is 1. The number of ether oxygens (including phenoxy) is 1.